The van der Waals surface area contributed by atoms with Crippen molar-refractivity contribution in [2.45, 2.75) is 26.2 Å². The van der Waals surface area contributed by atoms with Gasteiger partial charge in [-0.05, 0) is 38.4 Å². The number of carbonyl (C=O) groups is 1. The number of anilines is 1. The first-order valence-electron chi connectivity index (χ1n) is 7.26. The zero-order chi connectivity index (χ0) is 15.0. The van der Waals surface area contributed by atoms with E-state index in [0.717, 1.165) is 23.5 Å². The molecule has 0 spiro atoms. The van der Waals surface area contributed by atoms with Crippen molar-refractivity contribution >= 4 is 11.6 Å². The van der Waals surface area contributed by atoms with Crippen molar-refractivity contribution < 1.29 is 4.79 Å². The van der Waals surface area contributed by atoms with Gasteiger partial charge in [-0.3, -0.25) is 9.89 Å². The lowest BCUT2D eigenvalue weighted by Gasteiger charge is -2.18. The number of nitrogens with two attached hydrogens (primary N) is 1. The molecule has 5 nitrogen and oxygen atoms in total. The van der Waals surface area contributed by atoms with Gasteiger partial charge in [-0.1, -0.05) is 18.2 Å². The summed E-state index contributed by atoms with van der Waals surface area (Å²) < 4.78 is 0. The second-order valence-electron chi connectivity index (χ2n) is 5.56. The molecule has 3 N–H and O–H groups in total. The van der Waals surface area contributed by atoms with E-state index < -0.39 is 0 Å². The molecule has 1 aliphatic heterocycles. The summed E-state index contributed by atoms with van der Waals surface area (Å²) >= 11 is 0. The largest absolute Gasteiger partial charge is 0.330 e. The van der Waals surface area contributed by atoms with Crippen LogP contribution in [0.25, 0.3) is 0 Å². The molecule has 0 radical (unpaired) electrons. The summed E-state index contributed by atoms with van der Waals surface area (Å²) in [6, 6.07) is 8.09. The molecule has 21 heavy (non-hydrogen) atoms. The van der Waals surface area contributed by atoms with Crippen LogP contribution in [0, 0.1) is 13.8 Å². The van der Waals surface area contributed by atoms with Gasteiger partial charge in [-0.15, -0.1) is 0 Å². The second-order valence-corrected chi connectivity index (χ2v) is 5.56. The normalized spacial score (nSPS) is 17.1. The molecular weight excluding hydrogens is 264 g/mol. The zero-order valence-electron chi connectivity index (χ0n) is 12.4. The van der Waals surface area contributed by atoms with Crippen LogP contribution < -0.4 is 10.6 Å². The molecule has 5 heteroatoms. The van der Waals surface area contributed by atoms with Crippen molar-refractivity contribution in [2.75, 3.05) is 18.0 Å². The Bertz CT molecular complexity index is 657. The minimum Gasteiger partial charge on any atom is -0.330 e. The van der Waals surface area contributed by atoms with Crippen LogP contribution in [0.3, 0.4) is 0 Å². The Morgan fingerprint density at radius 3 is 2.86 bits per heavy atom. The number of H-pyrrole nitrogens is 1. The van der Waals surface area contributed by atoms with E-state index in [2.05, 4.69) is 16.3 Å². The predicted octanol–water partition coefficient (Wildman–Crippen LogP) is 2.12. The predicted molar refractivity (Wildman–Crippen MR) is 82.6 cm³/mol. The molecule has 1 aromatic heterocycles. The third kappa shape index (κ3) is 2.23. The van der Waals surface area contributed by atoms with E-state index in [9.17, 15) is 4.79 Å². The fourth-order valence-electron chi connectivity index (χ4n) is 3.14. The highest BCUT2D eigenvalue weighted by molar-refractivity contribution is 6.08. The van der Waals surface area contributed by atoms with Gasteiger partial charge < -0.3 is 10.6 Å². The molecule has 110 valence electrons. The van der Waals surface area contributed by atoms with E-state index in [1.54, 1.807) is 0 Å². The highest BCUT2D eigenvalue weighted by atomic mass is 16.2. The molecule has 1 unspecified atom stereocenters. The van der Waals surface area contributed by atoms with Crippen LogP contribution in [0.4, 0.5) is 5.69 Å². The number of para-hydroxylation sites is 1. The molecule has 1 amide bonds. The van der Waals surface area contributed by atoms with Gasteiger partial charge in [0.2, 0.25) is 0 Å². The van der Waals surface area contributed by atoms with E-state index in [4.69, 9.17) is 5.73 Å². The van der Waals surface area contributed by atoms with Crippen molar-refractivity contribution in [1.82, 2.24) is 10.2 Å². The van der Waals surface area contributed by atoms with Crippen LogP contribution in [0.1, 0.15) is 39.6 Å². The summed E-state index contributed by atoms with van der Waals surface area (Å²) in [5, 5.41) is 7.01. The van der Waals surface area contributed by atoms with Gasteiger partial charge in [0.05, 0.1) is 11.3 Å². The molecule has 2 heterocycles. The first kappa shape index (κ1) is 13.8. The Balaban J connectivity index is 1.99. The number of amides is 1. The summed E-state index contributed by atoms with van der Waals surface area (Å²) in [6.45, 7) is 5.06. The molecule has 0 bridgehead atoms. The lowest BCUT2D eigenvalue weighted by Crippen LogP contribution is -2.31. The molecule has 0 fully saturated rings. The standard InChI is InChI=1S/C16H20N4O/c1-10-15(11(2)19-18-10)16(21)20-9-12(7-8-17)13-5-3-4-6-14(13)20/h3-6,12H,7-9,17H2,1-2H3,(H,18,19). The quantitative estimate of drug-likeness (QED) is 0.906. The topological polar surface area (TPSA) is 75.0 Å². The number of fused-ring (bicyclic) bond motifs is 1. The summed E-state index contributed by atoms with van der Waals surface area (Å²) in [5.74, 6) is 0.341. The average molecular weight is 284 g/mol. The van der Waals surface area contributed by atoms with Crippen molar-refractivity contribution in [2.24, 2.45) is 5.73 Å². The smallest absolute Gasteiger partial charge is 0.262 e. The number of rotatable bonds is 3. The van der Waals surface area contributed by atoms with Crippen LogP contribution in [0.15, 0.2) is 24.3 Å². The molecule has 2 aromatic rings. The molecule has 3 rings (SSSR count). The van der Waals surface area contributed by atoms with Gasteiger partial charge in [-0.2, -0.15) is 5.10 Å². The Morgan fingerprint density at radius 1 is 1.43 bits per heavy atom. The maximum Gasteiger partial charge on any atom is 0.262 e. The Hall–Kier alpha value is -2.14. The first-order valence-corrected chi connectivity index (χ1v) is 7.26. The van der Waals surface area contributed by atoms with Crippen molar-refractivity contribution in [1.29, 1.82) is 0 Å². The molecule has 1 atom stereocenters. The van der Waals surface area contributed by atoms with Crippen LogP contribution in [-0.4, -0.2) is 29.2 Å². The molecular formula is C16H20N4O. The number of nitrogens with zero attached hydrogens (tertiary/aromatic N) is 2. The lowest BCUT2D eigenvalue weighted by atomic mass is 9.98. The number of nitrogens with one attached hydrogen (secondary N) is 1. The third-order valence-electron chi connectivity index (χ3n) is 4.17. The van der Waals surface area contributed by atoms with Gasteiger partial charge in [0.25, 0.3) is 5.91 Å². The van der Waals surface area contributed by atoms with E-state index in [1.807, 2.05) is 36.9 Å². The number of hydrogen-bond acceptors (Lipinski definition) is 3. The highest BCUT2D eigenvalue weighted by Crippen LogP contribution is 2.38. The van der Waals surface area contributed by atoms with Crippen LogP contribution in [-0.2, 0) is 0 Å². The van der Waals surface area contributed by atoms with Crippen LogP contribution >= 0.6 is 0 Å². The number of carbonyl (C=O) groups excluding carboxylic acids is 1. The Labute approximate surface area is 124 Å². The molecule has 1 aromatic carbocycles. The van der Waals surface area contributed by atoms with E-state index in [-0.39, 0.29) is 5.91 Å². The summed E-state index contributed by atoms with van der Waals surface area (Å²) in [7, 11) is 0. The van der Waals surface area contributed by atoms with Crippen molar-refractivity contribution in [3.05, 3.63) is 46.8 Å². The number of aryl methyl sites for hydroxylation is 2. The zero-order valence-corrected chi connectivity index (χ0v) is 12.4. The Kier molecular flexibility index (Phi) is 3.51. The van der Waals surface area contributed by atoms with E-state index >= 15 is 0 Å². The van der Waals surface area contributed by atoms with Gasteiger partial charge in [0, 0.05) is 23.8 Å². The molecule has 0 saturated heterocycles. The summed E-state index contributed by atoms with van der Waals surface area (Å²) in [6.07, 6.45) is 0.893. The maximum absolute atomic E-state index is 12.9. The fourth-order valence-corrected chi connectivity index (χ4v) is 3.14. The van der Waals surface area contributed by atoms with Gasteiger partial charge in [-0.25, -0.2) is 0 Å². The monoisotopic (exact) mass is 284 g/mol. The molecule has 1 aliphatic rings. The van der Waals surface area contributed by atoms with Gasteiger partial charge >= 0.3 is 0 Å². The maximum atomic E-state index is 12.9. The van der Waals surface area contributed by atoms with Crippen LogP contribution in [0.5, 0.6) is 0 Å². The first-order chi connectivity index (χ1) is 10.1. The van der Waals surface area contributed by atoms with Gasteiger partial charge in [0.1, 0.15) is 0 Å². The number of aromatic nitrogens is 2. The van der Waals surface area contributed by atoms with E-state index in [0.29, 0.717) is 24.6 Å². The van der Waals surface area contributed by atoms with E-state index in [1.165, 1.54) is 5.56 Å². The Morgan fingerprint density at radius 2 is 2.19 bits per heavy atom. The van der Waals surface area contributed by atoms with Crippen molar-refractivity contribution in [3.63, 3.8) is 0 Å². The fraction of sp³-hybridized carbons (Fsp3) is 0.375. The van der Waals surface area contributed by atoms with Gasteiger partial charge in [0.15, 0.2) is 0 Å². The highest BCUT2D eigenvalue weighted by Gasteiger charge is 2.33. The minimum absolute atomic E-state index is 0.0192. The second kappa shape index (κ2) is 5.33. The lowest BCUT2D eigenvalue weighted by molar-refractivity contribution is 0.0987. The minimum atomic E-state index is 0.0192. The third-order valence-corrected chi connectivity index (χ3v) is 4.17. The molecule has 0 aliphatic carbocycles. The average Bonchev–Trinajstić information content (AvgIpc) is 3.01. The number of hydrogen-bond donors (Lipinski definition) is 2. The summed E-state index contributed by atoms with van der Waals surface area (Å²) in [4.78, 5) is 14.8. The number of aromatic amines is 1. The summed E-state index contributed by atoms with van der Waals surface area (Å²) in [5.41, 5.74) is 10.2. The number of benzene rings is 1. The van der Waals surface area contributed by atoms with Crippen molar-refractivity contribution in [3.8, 4) is 0 Å². The SMILES string of the molecule is Cc1n[nH]c(C)c1C(=O)N1CC(CCN)c2ccccc21. The molecule has 0 saturated carbocycles. The van der Waals surface area contributed by atoms with Crippen LogP contribution in [0.2, 0.25) is 0 Å².